The van der Waals surface area contributed by atoms with E-state index in [-0.39, 0.29) is 24.4 Å². The highest BCUT2D eigenvalue weighted by molar-refractivity contribution is 5.95. The second kappa shape index (κ2) is 11.1. The molecule has 0 saturated carbocycles. The summed E-state index contributed by atoms with van der Waals surface area (Å²) in [6.07, 6.45) is 6.14. The first-order valence-corrected chi connectivity index (χ1v) is 13.5. The average molecular weight is 541 g/mol. The number of anilines is 1. The Morgan fingerprint density at radius 1 is 1.15 bits per heavy atom. The van der Waals surface area contributed by atoms with Crippen molar-refractivity contribution in [2.24, 2.45) is 0 Å². The predicted octanol–water partition coefficient (Wildman–Crippen LogP) is 4.54. The van der Waals surface area contributed by atoms with Gasteiger partial charge in [0.05, 0.1) is 36.8 Å². The summed E-state index contributed by atoms with van der Waals surface area (Å²) in [6, 6.07) is 16.3. The SMILES string of the molecule is CCOC(=O)c1cnc2c(N(C)Cc3ccccc3)cc(-c3cn([C@H]4CCOC[C@@H]4OC)c4ncccc34)nn12. The van der Waals surface area contributed by atoms with Crippen LogP contribution in [0.1, 0.15) is 35.4 Å². The Bertz CT molecular complexity index is 1650. The summed E-state index contributed by atoms with van der Waals surface area (Å²) in [7, 11) is 3.73. The highest BCUT2D eigenvalue weighted by Gasteiger charge is 2.30. The fraction of sp³-hybridized carbons (Fsp3) is 0.333. The Kier molecular flexibility index (Phi) is 7.19. The van der Waals surface area contributed by atoms with Crippen LogP contribution in [0.15, 0.2) is 67.1 Å². The summed E-state index contributed by atoms with van der Waals surface area (Å²) in [5.74, 6) is -0.467. The maximum Gasteiger partial charge on any atom is 0.358 e. The lowest BCUT2D eigenvalue weighted by atomic mass is 10.1. The number of pyridine rings is 1. The molecule has 1 fully saturated rings. The normalized spacial score (nSPS) is 17.4. The van der Waals surface area contributed by atoms with E-state index in [2.05, 4.69) is 38.8 Å². The van der Waals surface area contributed by atoms with E-state index in [1.54, 1.807) is 24.7 Å². The maximum absolute atomic E-state index is 12.9. The number of nitrogens with zero attached hydrogens (tertiary/aromatic N) is 6. The van der Waals surface area contributed by atoms with Crippen molar-refractivity contribution in [2.75, 3.05) is 38.9 Å². The highest BCUT2D eigenvalue weighted by atomic mass is 16.5. The van der Waals surface area contributed by atoms with Gasteiger partial charge in [-0.1, -0.05) is 30.3 Å². The Morgan fingerprint density at radius 2 is 2.00 bits per heavy atom. The van der Waals surface area contributed by atoms with Crippen molar-refractivity contribution in [1.29, 1.82) is 0 Å². The number of imidazole rings is 1. The number of carbonyl (C=O) groups excluding carboxylic acids is 1. The smallest absolute Gasteiger partial charge is 0.358 e. The minimum absolute atomic E-state index is 0.0668. The van der Waals surface area contributed by atoms with Crippen LogP contribution in [-0.2, 0) is 20.8 Å². The van der Waals surface area contributed by atoms with Crippen LogP contribution in [0.5, 0.6) is 0 Å². The molecule has 0 unspecified atom stereocenters. The van der Waals surface area contributed by atoms with Crippen LogP contribution in [0.25, 0.3) is 27.9 Å². The molecule has 2 atom stereocenters. The largest absolute Gasteiger partial charge is 0.461 e. The van der Waals surface area contributed by atoms with Crippen molar-refractivity contribution in [3.05, 3.63) is 78.4 Å². The van der Waals surface area contributed by atoms with Crippen LogP contribution in [0.2, 0.25) is 0 Å². The zero-order chi connectivity index (χ0) is 27.6. The minimum atomic E-state index is -0.467. The summed E-state index contributed by atoms with van der Waals surface area (Å²) < 4.78 is 20.6. The molecule has 4 aromatic heterocycles. The summed E-state index contributed by atoms with van der Waals surface area (Å²) >= 11 is 0. The molecule has 40 heavy (non-hydrogen) atoms. The fourth-order valence-corrected chi connectivity index (χ4v) is 5.43. The predicted molar refractivity (Wildman–Crippen MR) is 151 cm³/mol. The second-order valence-electron chi connectivity index (χ2n) is 9.89. The van der Waals surface area contributed by atoms with Gasteiger partial charge < -0.3 is 23.7 Å². The molecule has 1 aliphatic rings. The molecule has 0 amide bonds. The van der Waals surface area contributed by atoms with Gasteiger partial charge in [0.1, 0.15) is 11.8 Å². The number of hydrogen-bond donors (Lipinski definition) is 0. The number of rotatable bonds is 8. The van der Waals surface area contributed by atoms with E-state index in [9.17, 15) is 4.79 Å². The molecular formula is C30H32N6O4. The zero-order valence-electron chi connectivity index (χ0n) is 22.9. The van der Waals surface area contributed by atoms with E-state index >= 15 is 0 Å². The molecule has 10 heteroatoms. The van der Waals surface area contributed by atoms with E-state index in [0.29, 0.717) is 31.1 Å². The molecule has 5 aromatic rings. The van der Waals surface area contributed by atoms with Crippen molar-refractivity contribution in [3.8, 4) is 11.3 Å². The molecule has 0 N–H and O–H groups in total. The van der Waals surface area contributed by atoms with Gasteiger partial charge in [-0.3, -0.25) is 0 Å². The van der Waals surface area contributed by atoms with Crippen molar-refractivity contribution in [1.82, 2.24) is 24.1 Å². The van der Waals surface area contributed by atoms with Crippen LogP contribution >= 0.6 is 0 Å². The number of methoxy groups -OCH3 is 1. The topological polar surface area (TPSA) is 96.0 Å². The molecule has 0 radical (unpaired) electrons. The second-order valence-corrected chi connectivity index (χ2v) is 9.89. The van der Waals surface area contributed by atoms with Crippen LogP contribution in [0.3, 0.4) is 0 Å². The summed E-state index contributed by atoms with van der Waals surface area (Å²) in [4.78, 5) is 24.3. The van der Waals surface area contributed by atoms with Gasteiger partial charge in [0.2, 0.25) is 0 Å². The van der Waals surface area contributed by atoms with E-state index in [1.807, 2.05) is 37.4 Å². The maximum atomic E-state index is 12.9. The third-order valence-corrected chi connectivity index (χ3v) is 7.40. The van der Waals surface area contributed by atoms with Crippen molar-refractivity contribution in [3.63, 3.8) is 0 Å². The quantitative estimate of drug-likeness (QED) is 0.265. The van der Waals surface area contributed by atoms with Crippen molar-refractivity contribution < 1.29 is 19.0 Å². The van der Waals surface area contributed by atoms with Crippen LogP contribution in [-0.4, -0.2) is 70.2 Å². The molecule has 0 aliphatic carbocycles. The molecule has 0 bridgehead atoms. The lowest BCUT2D eigenvalue weighted by molar-refractivity contribution is -0.0592. The fourth-order valence-electron chi connectivity index (χ4n) is 5.43. The van der Waals surface area contributed by atoms with E-state index in [4.69, 9.17) is 24.3 Å². The molecule has 10 nitrogen and oxygen atoms in total. The first-order chi connectivity index (χ1) is 19.6. The van der Waals surface area contributed by atoms with Gasteiger partial charge in [0.25, 0.3) is 0 Å². The monoisotopic (exact) mass is 540 g/mol. The van der Waals surface area contributed by atoms with Gasteiger partial charge in [0, 0.05) is 50.7 Å². The zero-order valence-corrected chi connectivity index (χ0v) is 22.9. The average Bonchev–Trinajstić information content (AvgIpc) is 3.59. The minimum Gasteiger partial charge on any atom is -0.461 e. The molecule has 1 aliphatic heterocycles. The van der Waals surface area contributed by atoms with E-state index < -0.39 is 5.97 Å². The van der Waals surface area contributed by atoms with Gasteiger partial charge in [-0.05, 0) is 37.1 Å². The van der Waals surface area contributed by atoms with Gasteiger partial charge in [0.15, 0.2) is 11.3 Å². The number of fused-ring (bicyclic) bond motifs is 2. The lowest BCUT2D eigenvalue weighted by Gasteiger charge is -2.31. The molecule has 206 valence electrons. The standard InChI is InChI=1S/C30H32N6O4/c1-4-40-30(37)26-16-32-29-25(34(2)17-20-9-6-5-7-10-20)15-23(33-36(26)29)22-18-35(28-21(22)11-8-13-31-28)24-12-14-39-19-27(24)38-3/h5-11,13,15-16,18,24,27H,4,12,14,17,19H2,1-3H3/t24-,27-/m0/s1. The van der Waals surface area contributed by atoms with Crippen LogP contribution in [0, 0.1) is 0 Å². The summed E-state index contributed by atoms with van der Waals surface area (Å²) in [6.45, 7) is 3.88. The van der Waals surface area contributed by atoms with Crippen molar-refractivity contribution >= 4 is 28.3 Å². The van der Waals surface area contributed by atoms with E-state index in [1.165, 1.54) is 6.20 Å². The Hall–Kier alpha value is -4.28. The Morgan fingerprint density at radius 3 is 2.80 bits per heavy atom. The van der Waals surface area contributed by atoms with E-state index in [0.717, 1.165) is 34.3 Å². The van der Waals surface area contributed by atoms with Gasteiger partial charge >= 0.3 is 5.97 Å². The number of benzene rings is 1. The summed E-state index contributed by atoms with van der Waals surface area (Å²) in [5.41, 5.74) is 5.31. The summed E-state index contributed by atoms with van der Waals surface area (Å²) in [5, 5.41) is 5.90. The molecule has 0 spiro atoms. The number of esters is 1. The third-order valence-electron chi connectivity index (χ3n) is 7.40. The van der Waals surface area contributed by atoms with Crippen molar-refractivity contribution in [2.45, 2.75) is 32.0 Å². The first-order valence-electron chi connectivity index (χ1n) is 13.5. The van der Waals surface area contributed by atoms with Gasteiger partial charge in [-0.2, -0.15) is 5.10 Å². The Labute approximate surface area is 232 Å². The van der Waals surface area contributed by atoms with Crippen LogP contribution in [0.4, 0.5) is 5.69 Å². The number of carbonyl (C=O) groups is 1. The molecular weight excluding hydrogens is 508 g/mol. The molecule has 1 aromatic carbocycles. The Balaban J connectivity index is 1.53. The number of ether oxygens (including phenoxy) is 3. The van der Waals surface area contributed by atoms with Gasteiger partial charge in [-0.15, -0.1) is 0 Å². The number of aromatic nitrogens is 5. The molecule has 6 rings (SSSR count). The lowest BCUT2D eigenvalue weighted by Crippen LogP contribution is -2.35. The first kappa shape index (κ1) is 26.0. The highest BCUT2D eigenvalue weighted by Crippen LogP contribution is 2.36. The van der Waals surface area contributed by atoms with Gasteiger partial charge in [-0.25, -0.2) is 19.3 Å². The molecule has 5 heterocycles. The van der Waals surface area contributed by atoms with Crippen LogP contribution < -0.4 is 4.90 Å². The number of hydrogen-bond acceptors (Lipinski definition) is 8. The molecule has 1 saturated heterocycles. The third kappa shape index (κ3) is 4.69.